The molecular weight excluding hydrogens is 242 g/mol. The summed E-state index contributed by atoms with van der Waals surface area (Å²) in [6.45, 7) is 7.27. The quantitative estimate of drug-likeness (QED) is 0.749. The van der Waals surface area contributed by atoms with E-state index in [1.807, 2.05) is 0 Å². The van der Waals surface area contributed by atoms with Crippen LogP contribution in [0.25, 0.3) is 0 Å². The average Bonchev–Trinajstić information content (AvgIpc) is 2.73. The second-order valence-corrected chi connectivity index (χ2v) is 6.15. The number of nitrogens with two attached hydrogens (primary N) is 1. The van der Waals surface area contributed by atoms with E-state index in [4.69, 9.17) is 5.73 Å². The van der Waals surface area contributed by atoms with Crippen LogP contribution >= 0.6 is 11.3 Å². The Bertz CT molecular complexity index is 325. The molecule has 1 aromatic rings. The zero-order chi connectivity index (χ0) is 13.4. The molecule has 0 amide bonds. The SMILES string of the molecule is CCC(CCN)CCCN(C)Cc1csc(C)n1. The molecule has 0 saturated heterocycles. The van der Waals surface area contributed by atoms with Crippen LogP contribution in [0.5, 0.6) is 0 Å². The Balaban J connectivity index is 2.18. The van der Waals surface area contributed by atoms with Gasteiger partial charge in [-0.2, -0.15) is 0 Å². The van der Waals surface area contributed by atoms with Crippen LogP contribution in [0.4, 0.5) is 0 Å². The molecule has 1 unspecified atom stereocenters. The Hall–Kier alpha value is -0.450. The highest BCUT2D eigenvalue weighted by molar-refractivity contribution is 7.09. The van der Waals surface area contributed by atoms with Crippen LogP contribution in [0, 0.1) is 12.8 Å². The van der Waals surface area contributed by atoms with E-state index in [1.165, 1.54) is 31.4 Å². The molecule has 2 N–H and O–H groups in total. The smallest absolute Gasteiger partial charge is 0.0897 e. The van der Waals surface area contributed by atoms with Crippen molar-refractivity contribution in [3.05, 3.63) is 16.1 Å². The van der Waals surface area contributed by atoms with Crippen molar-refractivity contribution in [1.82, 2.24) is 9.88 Å². The fourth-order valence-corrected chi connectivity index (χ4v) is 2.88. The summed E-state index contributed by atoms with van der Waals surface area (Å²) in [6.07, 6.45) is 4.99. The van der Waals surface area contributed by atoms with Gasteiger partial charge in [-0.3, -0.25) is 0 Å². The molecular formula is C14H27N3S. The fourth-order valence-electron chi connectivity index (χ4n) is 2.27. The van der Waals surface area contributed by atoms with Gasteiger partial charge < -0.3 is 10.6 Å². The lowest BCUT2D eigenvalue weighted by atomic mass is 9.97. The average molecular weight is 269 g/mol. The third kappa shape index (κ3) is 5.94. The van der Waals surface area contributed by atoms with Crippen LogP contribution in [-0.4, -0.2) is 30.0 Å². The summed E-state index contributed by atoms with van der Waals surface area (Å²) in [4.78, 5) is 6.86. The Morgan fingerprint density at radius 1 is 1.44 bits per heavy atom. The minimum absolute atomic E-state index is 0.810. The number of aromatic nitrogens is 1. The molecule has 1 heterocycles. The van der Waals surface area contributed by atoms with Crippen molar-refractivity contribution in [3.8, 4) is 0 Å². The first-order chi connectivity index (χ1) is 8.65. The maximum atomic E-state index is 5.62. The highest BCUT2D eigenvalue weighted by Gasteiger charge is 2.07. The number of aryl methyl sites for hydroxylation is 1. The van der Waals surface area contributed by atoms with Gasteiger partial charge in [0.1, 0.15) is 0 Å². The van der Waals surface area contributed by atoms with Crippen LogP contribution in [0.2, 0.25) is 0 Å². The molecule has 0 bridgehead atoms. The van der Waals surface area contributed by atoms with E-state index in [0.717, 1.165) is 30.6 Å². The maximum Gasteiger partial charge on any atom is 0.0897 e. The molecule has 104 valence electrons. The molecule has 0 radical (unpaired) electrons. The minimum Gasteiger partial charge on any atom is -0.330 e. The molecule has 1 rings (SSSR count). The van der Waals surface area contributed by atoms with Crippen molar-refractivity contribution >= 4 is 11.3 Å². The number of hydrogen-bond donors (Lipinski definition) is 1. The molecule has 0 aliphatic heterocycles. The van der Waals surface area contributed by atoms with E-state index in [2.05, 4.69) is 36.2 Å². The summed E-state index contributed by atoms with van der Waals surface area (Å²) >= 11 is 1.73. The molecule has 0 fully saturated rings. The second kappa shape index (κ2) is 8.62. The highest BCUT2D eigenvalue weighted by Crippen LogP contribution is 2.15. The predicted octanol–water partition coefficient (Wildman–Crippen LogP) is 3.04. The van der Waals surface area contributed by atoms with E-state index in [0.29, 0.717) is 0 Å². The summed E-state index contributed by atoms with van der Waals surface area (Å²) in [7, 11) is 2.18. The number of thiazole rings is 1. The molecule has 0 aliphatic carbocycles. The van der Waals surface area contributed by atoms with Crippen LogP contribution in [0.1, 0.15) is 43.3 Å². The molecule has 0 aromatic carbocycles. The van der Waals surface area contributed by atoms with Crippen LogP contribution in [-0.2, 0) is 6.54 Å². The summed E-state index contributed by atoms with van der Waals surface area (Å²) in [5, 5.41) is 3.32. The summed E-state index contributed by atoms with van der Waals surface area (Å²) < 4.78 is 0. The van der Waals surface area contributed by atoms with E-state index < -0.39 is 0 Å². The molecule has 18 heavy (non-hydrogen) atoms. The normalized spacial score (nSPS) is 13.2. The van der Waals surface area contributed by atoms with Gasteiger partial charge in [-0.1, -0.05) is 13.3 Å². The maximum absolute atomic E-state index is 5.62. The fraction of sp³-hybridized carbons (Fsp3) is 0.786. The van der Waals surface area contributed by atoms with Gasteiger partial charge in [-0.05, 0) is 52.2 Å². The van der Waals surface area contributed by atoms with Gasteiger partial charge in [-0.25, -0.2) is 4.98 Å². The Morgan fingerprint density at radius 3 is 2.78 bits per heavy atom. The molecule has 4 heteroatoms. The van der Waals surface area contributed by atoms with Gasteiger partial charge in [0.15, 0.2) is 0 Å². The van der Waals surface area contributed by atoms with Crippen LogP contribution in [0.15, 0.2) is 5.38 Å². The van der Waals surface area contributed by atoms with Crippen molar-refractivity contribution in [1.29, 1.82) is 0 Å². The number of rotatable bonds is 9. The minimum atomic E-state index is 0.810. The first-order valence-corrected chi connectivity index (χ1v) is 7.83. The van der Waals surface area contributed by atoms with E-state index in [9.17, 15) is 0 Å². The Morgan fingerprint density at radius 2 is 2.22 bits per heavy atom. The molecule has 0 aliphatic rings. The van der Waals surface area contributed by atoms with Crippen molar-refractivity contribution < 1.29 is 0 Å². The zero-order valence-electron chi connectivity index (χ0n) is 12.0. The van der Waals surface area contributed by atoms with Crippen molar-refractivity contribution in [2.75, 3.05) is 20.1 Å². The van der Waals surface area contributed by atoms with Crippen molar-refractivity contribution in [3.63, 3.8) is 0 Å². The molecule has 1 aromatic heterocycles. The van der Waals surface area contributed by atoms with Gasteiger partial charge in [0.25, 0.3) is 0 Å². The summed E-state index contributed by atoms with van der Waals surface area (Å²) in [5.41, 5.74) is 6.83. The van der Waals surface area contributed by atoms with Gasteiger partial charge in [-0.15, -0.1) is 11.3 Å². The van der Waals surface area contributed by atoms with Gasteiger partial charge in [0.05, 0.1) is 10.7 Å². The summed E-state index contributed by atoms with van der Waals surface area (Å²) in [6, 6.07) is 0. The summed E-state index contributed by atoms with van der Waals surface area (Å²) in [5.74, 6) is 0.810. The van der Waals surface area contributed by atoms with Crippen LogP contribution < -0.4 is 5.73 Å². The topological polar surface area (TPSA) is 42.1 Å². The monoisotopic (exact) mass is 269 g/mol. The van der Waals surface area contributed by atoms with E-state index >= 15 is 0 Å². The predicted molar refractivity (Wildman–Crippen MR) is 79.9 cm³/mol. The first-order valence-electron chi connectivity index (χ1n) is 6.95. The third-order valence-corrected chi connectivity index (χ3v) is 4.23. The lowest BCUT2D eigenvalue weighted by Gasteiger charge is -2.18. The number of nitrogens with zero attached hydrogens (tertiary/aromatic N) is 2. The van der Waals surface area contributed by atoms with Crippen molar-refractivity contribution in [2.24, 2.45) is 11.7 Å². The molecule has 0 saturated carbocycles. The number of hydrogen-bond acceptors (Lipinski definition) is 4. The lowest BCUT2D eigenvalue weighted by molar-refractivity contribution is 0.298. The van der Waals surface area contributed by atoms with Gasteiger partial charge in [0.2, 0.25) is 0 Å². The second-order valence-electron chi connectivity index (χ2n) is 5.09. The van der Waals surface area contributed by atoms with Crippen molar-refractivity contribution in [2.45, 2.75) is 46.1 Å². The molecule has 1 atom stereocenters. The van der Waals surface area contributed by atoms with Crippen LogP contribution in [0.3, 0.4) is 0 Å². The zero-order valence-corrected chi connectivity index (χ0v) is 12.8. The Kier molecular flexibility index (Phi) is 7.47. The third-order valence-electron chi connectivity index (χ3n) is 3.40. The van der Waals surface area contributed by atoms with E-state index in [-0.39, 0.29) is 0 Å². The standard InChI is InChI=1S/C14H27N3S/c1-4-13(7-8-15)6-5-9-17(3)10-14-11-18-12(2)16-14/h11,13H,4-10,15H2,1-3H3. The first kappa shape index (κ1) is 15.6. The molecule has 0 spiro atoms. The largest absolute Gasteiger partial charge is 0.330 e. The lowest BCUT2D eigenvalue weighted by Crippen LogP contribution is -2.20. The van der Waals surface area contributed by atoms with Gasteiger partial charge in [0, 0.05) is 11.9 Å². The van der Waals surface area contributed by atoms with E-state index in [1.54, 1.807) is 11.3 Å². The van der Waals surface area contributed by atoms with Gasteiger partial charge >= 0.3 is 0 Å². The molecule has 3 nitrogen and oxygen atoms in total. The highest BCUT2D eigenvalue weighted by atomic mass is 32.1. The Labute approximate surface area is 115 Å².